The Bertz CT molecular complexity index is 1010. The van der Waals surface area contributed by atoms with E-state index in [1.807, 2.05) is 0 Å². The molecule has 0 spiro atoms. The SMILES string of the molecule is CC(C)Cn1c(Cn2c3ccccc3c3ccccc32)n[nH]c1=S. The molecule has 0 amide bonds. The first-order valence-corrected chi connectivity index (χ1v) is 8.66. The first kappa shape index (κ1) is 15.1. The van der Waals surface area contributed by atoms with E-state index >= 15 is 0 Å². The van der Waals surface area contributed by atoms with E-state index in [0.29, 0.717) is 17.2 Å². The monoisotopic (exact) mass is 336 g/mol. The first-order valence-electron chi connectivity index (χ1n) is 8.25. The molecule has 5 heteroatoms. The van der Waals surface area contributed by atoms with Crippen molar-refractivity contribution in [3.63, 3.8) is 0 Å². The molecule has 0 bridgehead atoms. The Kier molecular flexibility index (Phi) is 3.73. The number of nitrogens with one attached hydrogen (secondary N) is 1. The summed E-state index contributed by atoms with van der Waals surface area (Å²) in [5.41, 5.74) is 2.45. The molecule has 0 atom stereocenters. The average molecular weight is 336 g/mol. The van der Waals surface area contributed by atoms with Crippen LogP contribution in [-0.4, -0.2) is 19.3 Å². The highest BCUT2D eigenvalue weighted by atomic mass is 32.1. The molecule has 0 saturated carbocycles. The minimum Gasteiger partial charge on any atom is -0.333 e. The summed E-state index contributed by atoms with van der Waals surface area (Å²) >= 11 is 5.41. The summed E-state index contributed by atoms with van der Waals surface area (Å²) in [4.78, 5) is 0. The van der Waals surface area contributed by atoms with E-state index in [1.165, 1.54) is 21.8 Å². The molecule has 2 aromatic heterocycles. The molecule has 0 saturated heterocycles. The zero-order valence-corrected chi connectivity index (χ0v) is 14.7. The maximum Gasteiger partial charge on any atom is 0.195 e. The van der Waals surface area contributed by atoms with Gasteiger partial charge in [-0.15, -0.1) is 0 Å². The second-order valence-electron chi connectivity index (χ2n) is 6.57. The Balaban J connectivity index is 1.90. The predicted octanol–water partition coefficient (Wildman–Crippen LogP) is 4.75. The maximum atomic E-state index is 5.41. The molecule has 0 aliphatic carbocycles. The number of hydrogen-bond acceptors (Lipinski definition) is 2. The van der Waals surface area contributed by atoms with Gasteiger partial charge >= 0.3 is 0 Å². The van der Waals surface area contributed by atoms with Crippen LogP contribution in [0.4, 0.5) is 0 Å². The lowest BCUT2D eigenvalue weighted by Gasteiger charge is -2.11. The van der Waals surface area contributed by atoms with E-state index < -0.39 is 0 Å². The molecule has 2 aromatic carbocycles. The summed E-state index contributed by atoms with van der Waals surface area (Å²) in [7, 11) is 0. The Labute approximate surface area is 145 Å². The third-order valence-corrected chi connectivity index (χ3v) is 4.68. The predicted molar refractivity (Wildman–Crippen MR) is 101 cm³/mol. The van der Waals surface area contributed by atoms with Gasteiger partial charge in [-0.2, -0.15) is 5.10 Å². The van der Waals surface area contributed by atoms with E-state index in [4.69, 9.17) is 12.2 Å². The summed E-state index contributed by atoms with van der Waals surface area (Å²) in [6.45, 7) is 5.97. The lowest BCUT2D eigenvalue weighted by Crippen LogP contribution is -2.12. The van der Waals surface area contributed by atoms with Crippen molar-refractivity contribution in [3.8, 4) is 0 Å². The van der Waals surface area contributed by atoms with Crippen LogP contribution in [0.5, 0.6) is 0 Å². The van der Waals surface area contributed by atoms with Gasteiger partial charge < -0.3 is 9.13 Å². The topological polar surface area (TPSA) is 38.5 Å². The van der Waals surface area contributed by atoms with Crippen LogP contribution in [0.2, 0.25) is 0 Å². The van der Waals surface area contributed by atoms with Crippen LogP contribution in [0.3, 0.4) is 0 Å². The van der Waals surface area contributed by atoms with Gasteiger partial charge in [0.05, 0.1) is 6.54 Å². The highest BCUT2D eigenvalue weighted by Gasteiger charge is 2.14. The molecule has 0 unspecified atom stereocenters. The first-order chi connectivity index (χ1) is 11.6. The molecule has 0 aliphatic rings. The third-order valence-electron chi connectivity index (χ3n) is 4.36. The third kappa shape index (κ3) is 2.45. The van der Waals surface area contributed by atoms with Gasteiger partial charge in [0.15, 0.2) is 10.6 Å². The number of hydrogen-bond donors (Lipinski definition) is 1. The fourth-order valence-corrected chi connectivity index (χ4v) is 3.57. The van der Waals surface area contributed by atoms with Gasteiger partial charge in [-0.3, -0.25) is 5.10 Å². The van der Waals surface area contributed by atoms with Crippen molar-refractivity contribution in [2.75, 3.05) is 0 Å². The number of para-hydroxylation sites is 2. The number of aromatic amines is 1. The minimum absolute atomic E-state index is 0.520. The lowest BCUT2D eigenvalue weighted by molar-refractivity contribution is 0.499. The zero-order valence-electron chi connectivity index (χ0n) is 13.9. The molecule has 0 fully saturated rings. The molecule has 4 nitrogen and oxygen atoms in total. The number of aromatic nitrogens is 4. The van der Waals surface area contributed by atoms with E-state index in [-0.39, 0.29) is 0 Å². The number of nitrogens with zero attached hydrogens (tertiary/aromatic N) is 3. The second-order valence-corrected chi connectivity index (χ2v) is 6.96. The summed E-state index contributed by atoms with van der Waals surface area (Å²) in [5, 5.41) is 9.99. The van der Waals surface area contributed by atoms with Crippen molar-refractivity contribution >= 4 is 34.0 Å². The molecule has 2 heterocycles. The van der Waals surface area contributed by atoms with E-state index in [1.54, 1.807) is 0 Å². The standard InChI is InChI=1S/C19H20N4S/c1-13(2)11-23-18(20-21-19(23)24)12-22-16-9-5-3-7-14(16)15-8-4-6-10-17(15)22/h3-10,13H,11-12H2,1-2H3,(H,21,24). The van der Waals surface area contributed by atoms with E-state index in [9.17, 15) is 0 Å². The number of rotatable bonds is 4. The van der Waals surface area contributed by atoms with E-state index in [2.05, 4.69) is 81.7 Å². The normalized spacial score (nSPS) is 11.8. The summed E-state index contributed by atoms with van der Waals surface area (Å²) in [6, 6.07) is 17.1. The van der Waals surface area contributed by atoms with Crippen LogP contribution in [-0.2, 0) is 13.1 Å². The van der Waals surface area contributed by atoms with Crippen molar-refractivity contribution < 1.29 is 0 Å². The molecule has 4 aromatic rings. The molecule has 4 rings (SSSR count). The van der Waals surface area contributed by atoms with Gasteiger partial charge in [0.2, 0.25) is 0 Å². The summed E-state index contributed by atoms with van der Waals surface area (Å²) in [6.07, 6.45) is 0. The van der Waals surface area contributed by atoms with Crippen molar-refractivity contribution in [1.82, 2.24) is 19.3 Å². The maximum absolute atomic E-state index is 5.41. The van der Waals surface area contributed by atoms with Crippen LogP contribution < -0.4 is 0 Å². The van der Waals surface area contributed by atoms with Gasteiger partial charge in [-0.05, 0) is 30.3 Å². The zero-order chi connectivity index (χ0) is 16.7. The van der Waals surface area contributed by atoms with Gasteiger partial charge in [-0.25, -0.2) is 0 Å². The smallest absolute Gasteiger partial charge is 0.195 e. The van der Waals surface area contributed by atoms with E-state index in [0.717, 1.165) is 12.4 Å². The largest absolute Gasteiger partial charge is 0.333 e. The Morgan fingerprint density at radius 2 is 1.54 bits per heavy atom. The van der Waals surface area contributed by atoms with Crippen LogP contribution in [0.1, 0.15) is 19.7 Å². The van der Waals surface area contributed by atoms with Gasteiger partial charge in [0, 0.05) is 28.4 Å². The Hall–Kier alpha value is -2.40. The fraction of sp³-hybridized carbons (Fsp3) is 0.263. The van der Waals surface area contributed by atoms with Crippen molar-refractivity contribution in [3.05, 3.63) is 59.1 Å². The molecular weight excluding hydrogens is 316 g/mol. The van der Waals surface area contributed by atoms with Gasteiger partial charge in [-0.1, -0.05) is 50.2 Å². The molecule has 24 heavy (non-hydrogen) atoms. The summed E-state index contributed by atoms with van der Waals surface area (Å²) < 4.78 is 5.13. The van der Waals surface area contributed by atoms with Crippen LogP contribution in [0.25, 0.3) is 21.8 Å². The van der Waals surface area contributed by atoms with Crippen LogP contribution >= 0.6 is 12.2 Å². The second kappa shape index (κ2) is 5.91. The van der Waals surface area contributed by atoms with Crippen molar-refractivity contribution in [2.45, 2.75) is 26.9 Å². The average Bonchev–Trinajstić information content (AvgIpc) is 3.08. The highest BCUT2D eigenvalue weighted by molar-refractivity contribution is 7.71. The quantitative estimate of drug-likeness (QED) is 0.546. The number of benzene rings is 2. The molecular formula is C19H20N4S. The number of fused-ring (bicyclic) bond motifs is 3. The van der Waals surface area contributed by atoms with Gasteiger partial charge in [0.1, 0.15) is 0 Å². The molecule has 0 radical (unpaired) electrons. The minimum atomic E-state index is 0.520. The Morgan fingerprint density at radius 3 is 2.12 bits per heavy atom. The Morgan fingerprint density at radius 1 is 0.958 bits per heavy atom. The van der Waals surface area contributed by atoms with Crippen LogP contribution in [0.15, 0.2) is 48.5 Å². The van der Waals surface area contributed by atoms with Crippen molar-refractivity contribution in [1.29, 1.82) is 0 Å². The molecule has 122 valence electrons. The molecule has 0 aliphatic heterocycles. The summed E-state index contributed by atoms with van der Waals surface area (Å²) in [5.74, 6) is 1.49. The number of H-pyrrole nitrogens is 1. The molecule has 1 N–H and O–H groups in total. The van der Waals surface area contributed by atoms with Crippen molar-refractivity contribution in [2.24, 2.45) is 5.92 Å². The van der Waals surface area contributed by atoms with Gasteiger partial charge in [0.25, 0.3) is 0 Å². The highest BCUT2D eigenvalue weighted by Crippen LogP contribution is 2.29. The van der Waals surface area contributed by atoms with Crippen LogP contribution in [0, 0.1) is 10.7 Å². The fourth-order valence-electron chi connectivity index (χ4n) is 3.34. The lowest BCUT2D eigenvalue weighted by atomic mass is 10.2.